The van der Waals surface area contributed by atoms with Crippen molar-refractivity contribution < 1.29 is 22.7 Å². The van der Waals surface area contributed by atoms with Crippen LogP contribution in [0.15, 0.2) is 41.4 Å². The van der Waals surface area contributed by atoms with Gasteiger partial charge in [0.15, 0.2) is 9.84 Å². The third-order valence-electron chi connectivity index (χ3n) is 4.48. The second-order valence-corrected chi connectivity index (χ2v) is 10.6. The van der Waals surface area contributed by atoms with Crippen molar-refractivity contribution in [3.05, 3.63) is 53.2 Å². The number of rotatable bonds is 12. The number of carbonyl (C=O) groups excluding carboxylic acids is 1. The number of hydrogen-bond donors (Lipinski definition) is 0. The lowest BCUT2D eigenvalue weighted by Crippen LogP contribution is -2.33. The predicted octanol–water partition coefficient (Wildman–Crippen LogP) is 3.87. The van der Waals surface area contributed by atoms with Crippen LogP contribution in [0.4, 0.5) is 0 Å². The molecular weight excluding hydrogens is 448 g/mol. The van der Waals surface area contributed by atoms with Crippen LogP contribution < -0.4 is 4.74 Å². The first-order valence-corrected chi connectivity index (χ1v) is 13.1. The molecule has 7 nitrogen and oxygen atoms in total. The summed E-state index contributed by atoms with van der Waals surface area (Å²) in [6.45, 7) is 5.47. The van der Waals surface area contributed by atoms with E-state index in [4.69, 9.17) is 9.47 Å². The summed E-state index contributed by atoms with van der Waals surface area (Å²) < 4.78 is 36.0. The fourth-order valence-corrected chi connectivity index (χ4v) is 5.45. The molecule has 1 aromatic heterocycles. The van der Waals surface area contributed by atoms with Gasteiger partial charge in [0.2, 0.25) is 0 Å². The smallest absolute Gasteiger partial charge is 0.316 e. The van der Waals surface area contributed by atoms with Crippen molar-refractivity contribution in [3.8, 4) is 11.8 Å². The summed E-state index contributed by atoms with van der Waals surface area (Å²) in [4.78, 5) is 16.8. The lowest BCUT2D eigenvalue weighted by atomic mass is 10.1. The highest BCUT2D eigenvalue weighted by atomic mass is 32.2. The molecule has 0 aliphatic carbocycles. The molecule has 1 unspecified atom stereocenters. The number of nitrogens with zero attached hydrogens (tertiary/aromatic N) is 2. The summed E-state index contributed by atoms with van der Waals surface area (Å²) in [7, 11) is -3.40. The van der Waals surface area contributed by atoms with Crippen molar-refractivity contribution in [1.82, 2.24) is 4.98 Å². The standard InChI is InChI=1S/C23H28N2O5S2/c1-4-5-11-32(27,28)16-20(14-29-19-9-7-6-8-10-19)30-22(26)15-31-23-21(13-24)17(2)12-18(3)25-23/h6-10,12,20H,4-5,11,14-16H2,1-3H3. The Hall–Kier alpha value is -2.57. The molecule has 0 fully saturated rings. The molecule has 2 rings (SSSR count). The number of para-hydroxylation sites is 1. The highest BCUT2D eigenvalue weighted by Crippen LogP contribution is 2.24. The van der Waals surface area contributed by atoms with Crippen LogP contribution in [-0.4, -0.2) is 49.3 Å². The first kappa shape index (κ1) is 25.7. The molecule has 0 aliphatic rings. The molecular formula is C23H28N2O5S2. The fourth-order valence-electron chi connectivity index (χ4n) is 2.94. The van der Waals surface area contributed by atoms with Gasteiger partial charge in [0.25, 0.3) is 0 Å². The number of carbonyl (C=O) groups is 1. The van der Waals surface area contributed by atoms with Gasteiger partial charge in [-0.25, -0.2) is 13.4 Å². The Morgan fingerprint density at radius 1 is 1.25 bits per heavy atom. The second kappa shape index (κ2) is 12.5. The molecule has 0 saturated heterocycles. The van der Waals surface area contributed by atoms with Gasteiger partial charge in [-0.15, -0.1) is 0 Å². The van der Waals surface area contributed by atoms with Crippen LogP contribution in [0, 0.1) is 25.2 Å². The topological polar surface area (TPSA) is 106 Å². The summed E-state index contributed by atoms with van der Waals surface area (Å²) in [5, 5.41) is 9.83. The van der Waals surface area contributed by atoms with E-state index in [0.717, 1.165) is 29.4 Å². The van der Waals surface area contributed by atoms with E-state index >= 15 is 0 Å². The maximum absolute atomic E-state index is 12.5. The number of hydrogen-bond acceptors (Lipinski definition) is 8. The van der Waals surface area contributed by atoms with Crippen molar-refractivity contribution in [3.63, 3.8) is 0 Å². The van der Waals surface area contributed by atoms with Gasteiger partial charge < -0.3 is 9.47 Å². The Labute approximate surface area is 194 Å². The summed E-state index contributed by atoms with van der Waals surface area (Å²) in [5.74, 6) is -0.391. The summed E-state index contributed by atoms with van der Waals surface area (Å²) in [6, 6.07) is 12.8. The van der Waals surface area contributed by atoms with E-state index < -0.39 is 21.9 Å². The number of aromatic nitrogens is 1. The molecule has 0 saturated carbocycles. The molecule has 1 atom stereocenters. The molecule has 0 N–H and O–H groups in total. The number of benzene rings is 1. The molecule has 1 heterocycles. The Morgan fingerprint density at radius 2 is 1.97 bits per heavy atom. The van der Waals surface area contributed by atoms with E-state index in [2.05, 4.69) is 11.1 Å². The van der Waals surface area contributed by atoms with Crippen molar-refractivity contribution in [1.29, 1.82) is 5.26 Å². The van der Waals surface area contributed by atoms with E-state index in [1.54, 1.807) is 30.3 Å². The first-order valence-electron chi connectivity index (χ1n) is 10.3. The number of esters is 1. The van der Waals surface area contributed by atoms with E-state index in [1.165, 1.54) is 0 Å². The van der Waals surface area contributed by atoms with Gasteiger partial charge in [-0.3, -0.25) is 4.79 Å². The van der Waals surface area contributed by atoms with Crippen molar-refractivity contribution in [2.24, 2.45) is 0 Å². The number of thioether (sulfide) groups is 1. The Balaban J connectivity index is 2.05. The molecule has 172 valence electrons. The Bertz CT molecular complexity index is 1050. The van der Waals surface area contributed by atoms with Crippen LogP contribution in [0.25, 0.3) is 0 Å². The van der Waals surface area contributed by atoms with Crippen molar-refractivity contribution in [2.45, 2.75) is 44.7 Å². The van der Waals surface area contributed by atoms with E-state index in [0.29, 0.717) is 22.8 Å². The predicted molar refractivity (Wildman–Crippen MR) is 125 cm³/mol. The highest BCUT2D eigenvalue weighted by Gasteiger charge is 2.24. The first-order chi connectivity index (χ1) is 15.2. The molecule has 0 radical (unpaired) electrons. The average molecular weight is 477 g/mol. The van der Waals surface area contributed by atoms with Crippen molar-refractivity contribution >= 4 is 27.6 Å². The molecule has 0 aliphatic heterocycles. The van der Waals surface area contributed by atoms with Gasteiger partial charge in [-0.2, -0.15) is 5.26 Å². The van der Waals surface area contributed by atoms with E-state index in [1.807, 2.05) is 26.8 Å². The SMILES string of the molecule is CCCCS(=O)(=O)CC(COc1ccccc1)OC(=O)CSc1nc(C)cc(C)c1C#N. The number of sulfone groups is 1. The van der Waals surface area contributed by atoms with Gasteiger partial charge >= 0.3 is 5.97 Å². The minimum atomic E-state index is -3.40. The molecule has 0 bridgehead atoms. The van der Waals surface area contributed by atoms with Crippen molar-refractivity contribution in [2.75, 3.05) is 23.9 Å². The Kier molecular flexibility index (Phi) is 10.0. The summed E-state index contributed by atoms with van der Waals surface area (Å²) in [6.07, 6.45) is 0.367. The summed E-state index contributed by atoms with van der Waals surface area (Å²) in [5.41, 5.74) is 1.94. The number of nitriles is 1. The lowest BCUT2D eigenvalue weighted by molar-refractivity contribution is -0.146. The monoisotopic (exact) mass is 476 g/mol. The minimum absolute atomic E-state index is 0.0374. The van der Waals surface area contributed by atoms with Crippen LogP contribution in [0.5, 0.6) is 5.75 Å². The number of unbranched alkanes of at least 4 members (excludes halogenated alkanes) is 1. The summed E-state index contributed by atoms with van der Waals surface area (Å²) >= 11 is 1.10. The van der Waals surface area contributed by atoms with Crippen LogP contribution in [0.2, 0.25) is 0 Å². The maximum Gasteiger partial charge on any atom is 0.316 e. The van der Waals surface area contributed by atoms with Gasteiger partial charge in [0.05, 0.1) is 22.8 Å². The largest absolute Gasteiger partial charge is 0.490 e. The zero-order valence-electron chi connectivity index (χ0n) is 18.5. The second-order valence-electron chi connectivity index (χ2n) is 7.37. The zero-order chi connectivity index (χ0) is 23.6. The van der Waals surface area contributed by atoms with Gasteiger partial charge in [0.1, 0.15) is 29.6 Å². The fraction of sp³-hybridized carbons (Fsp3) is 0.435. The van der Waals surface area contributed by atoms with Crippen LogP contribution >= 0.6 is 11.8 Å². The van der Waals surface area contributed by atoms with Crippen LogP contribution in [-0.2, 0) is 19.4 Å². The molecule has 32 heavy (non-hydrogen) atoms. The third-order valence-corrected chi connectivity index (χ3v) is 7.22. The normalized spacial score (nSPS) is 12.1. The molecule has 9 heteroatoms. The molecule has 0 spiro atoms. The zero-order valence-corrected chi connectivity index (χ0v) is 20.2. The molecule has 0 amide bonds. The van der Waals surface area contributed by atoms with E-state index in [-0.39, 0.29) is 23.9 Å². The average Bonchev–Trinajstić information content (AvgIpc) is 2.75. The van der Waals surface area contributed by atoms with Crippen LogP contribution in [0.3, 0.4) is 0 Å². The highest BCUT2D eigenvalue weighted by molar-refractivity contribution is 7.99. The number of pyridine rings is 1. The van der Waals surface area contributed by atoms with Crippen LogP contribution in [0.1, 0.15) is 36.6 Å². The maximum atomic E-state index is 12.5. The number of ether oxygens (including phenoxy) is 2. The minimum Gasteiger partial charge on any atom is -0.490 e. The lowest BCUT2D eigenvalue weighted by Gasteiger charge is -2.19. The van der Waals surface area contributed by atoms with E-state index in [9.17, 15) is 18.5 Å². The third kappa shape index (κ3) is 8.52. The van der Waals surface area contributed by atoms with Gasteiger partial charge in [-0.1, -0.05) is 43.3 Å². The quantitative estimate of drug-likeness (QED) is 0.336. The van der Waals surface area contributed by atoms with Gasteiger partial charge in [0, 0.05) is 5.69 Å². The molecule has 1 aromatic carbocycles. The number of aryl methyl sites for hydroxylation is 2. The van der Waals surface area contributed by atoms with Gasteiger partial charge in [-0.05, 0) is 44.0 Å². The molecule has 2 aromatic rings. The Morgan fingerprint density at radius 3 is 2.62 bits per heavy atom.